The van der Waals surface area contributed by atoms with Crippen LogP contribution in [0.5, 0.6) is 0 Å². The number of aliphatic imine (C=N–C) groups is 1. The predicted molar refractivity (Wildman–Crippen MR) is 94.3 cm³/mol. The van der Waals surface area contributed by atoms with E-state index in [2.05, 4.69) is 27.0 Å². The number of likely N-dealkylation sites (tertiary alicyclic amines) is 2. The lowest BCUT2D eigenvalue weighted by atomic mass is 9.97. The lowest BCUT2D eigenvalue weighted by Gasteiger charge is -2.34. The molecular weight excluding hydrogens is 290 g/mol. The molecule has 0 aromatic carbocycles. The lowest BCUT2D eigenvalue weighted by molar-refractivity contribution is -0.123. The first kappa shape index (κ1) is 18.0. The molecule has 2 heterocycles. The minimum atomic E-state index is -0.146. The number of guanidine groups is 1. The largest absolute Gasteiger partial charge is 0.369 e. The number of carbonyl (C=O) groups excluding carboxylic acids is 1. The summed E-state index contributed by atoms with van der Waals surface area (Å²) in [4.78, 5) is 20.5. The smallest absolute Gasteiger partial charge is 0.221 e. The van der Waals surface area contributed by atoms with E-state index >= 15 is 0 Å². The fourth-order valence-corrected chi connectivity index (χ4v) is 3.71. The number of primary amides is 1. The molecule has 0 aliphatic carbocycles. The van der Waals surface area contributed by atoms with Gasteiger partial charge in [-0.15, -0.1) is 0 Å². The number of nitrogens with zero attached hydrogens (tertiary/aromatic N) is 3. The Morgan fingerprint density at radius 1 is 1.26 bits per heavy atom. The molecule has 2 saturated heterocycles. The van der Waals surface area contributed by atoms with E-state index < -0.39 is 0 Å². The molecule has 2 rings (SSSR count). The summed E-state index contributed by atoms with van der Waals surface area (Å²) in [5, 5.41) is 3.49. The molecule has 0 radical (unpaired) electrons. The second-order valence-corrected chi connectivity index (χ2v) is 7.06. The van der Waals surface area contributed by atoms with Crippen molar-refractivity contribution >= 4 is 11.9 Å². The molecule has 2 atom stereocenters. The Morgan fingerprint density at radius 2 is 2.04 bits per heavy atom. The van der Waals surface area contributed by atoms with Crippen LogP contribution < -0.4 is 11.1 Å². The fraction of sp³-hybridized carbons (Fsp3) is 0.882. The number of rotatable bonds is 5. The molecule has 0 saturated carbocycles. The van der Waals surface area contributed by atoms with Gasteiger partial charge in [0.15, 0.2) is 5.96 Å². The number of nitrogens with one attached hydrogen (secondary N) is 1. The Hall–Kier alpha value is -1.30. The molecule has 0 aromatic rings. The zero-order valence-electron chi connectivity index (χ0n) is 14.8. The maximum Gasteiger partial charge on any atom is 0.221 e. The number of nitrogens with two attached hydrogens (primary N) is 1. The van der Waals surface area contributed by atoms with Crippen LogP contribution in [0.25, 0.3) is 0 Å². The van der Waals surface area contributed by atoms with E-state index in [1.165, 1.54) is 12.8 Å². The van der Waals surface area contributed by atoms with Crippen molar-refractivity contribution in [2.24, 2.45) is 22.6 Å². The predicted octanol–water partition coefficient (Wildman–Crippen LogP) is 0.881. The Morgan fingerprint density at radius 3 is 2.74 bits per heavy atom. The van der Waals surface area contributed by atoms with Gasteiger partial charge in [-0.1, -0.05) is 6.92 Å². The standard InChI is InChI=1S/C17H33N5O/c1-14-6-3-11-22(12-14)17(19-2)20-8-5-10-21-9-4-7-15(13-21)16(18)23/h14-15H,3-13H2,1-2H3,(H2,18,23)(H,19,20). The molecule has 2 unspecified atom stereocenters. The summed E-state index contributed by atoms with van der Waals surface area (Å²) in [5.41, 5.74) is 5.44. The van der Waals surface area contributed by atoms with Crippen molar-refractivity contribution in [3.05, 3.63) is 0 Å². The summed E-state index contributed by atoms with van der Waals surface area (Å²) in [6.07, 6.45) is 5.67. The number of carbonyl (C=O) groups is 1. The van der Waals surface area contributed by atoms with Crippen molar-refractivity contribution in [2.45, 2.75) is 39.0 Å². The van der Waals surface area contributed by atoms with Crippen LogP contribution in [0.4, 0.5) is 0 Å². The van der Waals surface area contributed by atoms with Crippen LogP contribution >= 0.6 is 0 Å². The molecule has 6 nitrogen and oxygen atoms in total. The van der Waals surface area contributed by atoms with E-state index in [1.807, 2.05) is 7.05 Å². The van der Waals surface area contributed by atoms with Crippen LogP contribution in [0.15, 0.2) is 4.99 Å². The maximum absolute atomic E-state index is 11.3. The van der Waals surface area contributed by atoms with E-state index in [0.717, 1.165) is 70.4 Å². The minimum Gasteiger partial charge on any atom is -0.369 e. The van der Waals surface area contributed by atoms with E-state index in [-0.39, 0.29) is 11.8 Å². The Balaban J connectivity index is 1.66. The third kappa shape index (κ3) is 5.68. The van der Waals surface area contributed by atoms with Gasteiger partial charge in [0.05, 0.1) is 5.92 Å². The van der Waals surface area contributed by atoms with Gasteiger partial charge in [0.2, 0.25) is 5.91 Å². The summed E-state index contributed by atoms with van der Waals surface area (Å²) in [5.74, 6) is 1.68. The van der Waals surface area contributed by atoms with Gasteiger partial charge in [0.25, 0.3) is 0 Å². The van der Waals surface area contributed by atoms with Crippen molar-refractivity contribution in [3.8, 4) is 0 Å². The van der Waals surface area contributed by atoms with Crippen molar-refractivity contribution in [1.29, 1.82) is 0 Å². The molecule has 3 N–H and O–H groups in total. The Kier molecular flexibility index (Phi) is 7.15. The Bertz CT molecular complexity index is 412. The third-order valence-corrected chi connectivity index (χ3v) is 5.01. The molecule has 6 heteroatoms. The van der Waals surface area contributed by atoms with Crippen molar-refractivity contribution in [3.63, 3.8) is 0 Å². The van der Waals surface area contributed by atoms with Crippen LogP contribution in [-0.2, 0) is 4.79 Å². The van der Waals surface area contributed by atoms with Gasteiger partial charge in [-0.25, -0.2) is 0 Å². The van der Waals surface area contributed by atoms with Gasteiger partial charge in [-0.05, 0) is 51.1 Å². The highest BCUT2D eigenvalue weighted by atomic mass is 16.1. The van der Waals surface area contributed by atoms with Crippen LogP contribution in [0.1, 0.15) is 39.0 Å². The topological polar surface area (TPSA) is 74.0 Å². The molecule has 1 amide bonds. The minimum absolute atomic E-state index is 0.0410. The molecule has 2 aliphatic heterocycles. The van der Waals surface area contributed by atoms with Crippen molar-refractivity contribution < 1.29 is 4.79 Å². The van der Waals surface area contributed by atoms with Crippen LogP contribution in [0, 0.1) is 11.8 Å². The SMILES string of the molecule is CN=C(NCCCN1CCCC(C(N)=O)C1)N1CCCC(C)C1. The Labute approximate surface area is 140 Å². The summed E-state index contributed by atoms with van der Waals surface area (Å²) >= 11 is 0. The maximum atomic E-state index is 11.3. The summed E-state index contributed by atoms with van der Waals surface area (Å²) in [7, 11) is 1.86. The zero-order valence-corrected chi connectivity index (χ0v) is 14.8. The van der Waals surface area contributed by atoms with Gasteiger partial charge in [0.1, 0.15) is 0 Å². The zero-order chi connectivity index (χ0) is 16.7. The number of hydrogen-bond donors (Lipinski definition) is 2. The average molecular weight is 323 g/mol. The van der Waals surface area contributed by atoms with E-state index in [9.17, 15) is 4.79 Å². The first-order valence-electron chi connectivity index (χ1n) is 9.07. The summed E-state index contributed by atoms with van der Waals surface area (Å²) in [6, 6.07) is 0. The van der Waals surface area contributed by atoms with Crippen molar-refractivity contribution in [1.82, 2.24) is 15.1 Å². The summed E-state index contributed by atoms with van der Waals surface area (Å²) in [6.45, 7) is 8.38. The normalized spacial score (nSPS) is 27.0. The molecule has 2 aliphatic rings. The van der Waals surface area contributed by atoms with Gasteiger partial charge in [-0.2, -0.15) is 0 Å². The first-order valence-corrected chi connectivity index (χ1v) is 9.07. The fourth-order valence-electron chi connectivity index (χ4n) is 3.71. The van der Waals surface area contributed by atoms with Crippen molar-refractivity contribution in [2.75, 3.05) is 46.3 Å². The highest BCUT2D eigenvalue weighted by Crippen LogP contribution is 2.16. The lowest BCUT2D eigenvalue weighted by Crippen LogP contribution is -2.47. The second-order valence-electron chi connectivity index (χ2n) is 7.06. The van der Waals surface area contributed by atoms with Crippen LogP contribution in [0.2, 0.25) is 0 Å². The molecule has 0 aromatic heterocycles. The molecule has 2 fully saturated rings. The van der Waals surface area contributed by atoms with Gasteiger partial charge >= 0.3 is 0 Å². The van der Waals surface area contributed by atoms with E-state index in [4.69, 9.17) is 5.73 Å². The van der Waals surface area contributed by atoms with Gasteiger partial charge in [-0.3, -0.25) is 9.79 Å². The monoisotopic (exact) mass is 323 g/mol. The summed E-state index contributed by atoms with van der Waals surface area (Å²) < 4.78 is 0. The van der Waals surface area contributed by atoms with E-state index in [1.54, 1.807) is 0 Å². The molecule has 132 valence electrons. The quantitative estimate of drug-likeness (QED) is 0.447. The van der Waals surface area contributed by atoms with Crippen LogP contribution in [0.3, 0.4) is 0 Å². The highest BCUT2D eigenvalue weighted by molar-refractivity contribution is 5.80. The molecule has 23 heavy (non-hydrogen) atoms. The van der Waals surface area contributed by atoms with E-state index in [0.29, 0.717) is 0 Å². The number of hydrogen-bond acceptors (Lipinski definition) is 3. The third-order valence-electron chi connectivity index (χ3n) is 5.01. The van der Waals surface area contributed by atoms with Gasteiger partial charge < -0.3 is 20.9 Å². The molecule has 0 spiro atoms. The van der Waals surface area contributed by atoms with Gasteiger partial charge in [0, 0.05) is 33.2 Å². The number of piperidine rings is 2. The number of amides is 1. The second kappa shape index (κ2) is 9.11. The first-order chi connectivity index (χ1) is 11.1. The highest BCUT2D eigenvalue weighted by Gasteiger charge is 2.23. The average Bonchev–Trinajstić information content (AvgIpc) is 2.55. The molecule has 0 bridgehead atoms. The van der Waals surface area contributed by atoms with Crippen LogP contribution in [-0.4, -0.2) is 68.0 Å². The molecular formula is C17H33N5O.